The Kier molecular flexibility index (Phi) is 3.75. The van der Waals surface area contributed by atoms with E-state index < -0.39 is 17.8 Å². The molecule has 0 aromatic heterocycles. The lowest BCUT2D eigenvalue weighted by atomic mass is 10.1. The fourth-order valence-corrected chi connectivity index (χ4v) is 1.64. The molecule has 1 aromatic carbocycles. The topological polar surface area (TPSA) is 72.5 Å². The Morgan fingerprint density at radius 3 is 2.47 bits per heavy atom. The van der Waals surface area contributed by atoms with Crippen molar-refractivity contribution in [1.29, 1.82) is 0 Å². The third kappa shape index (κ3) is 3.51. The number of nitrogens with one attached hydrogen (secondary N) is 1. The lowest BCUT2D eigenvalue weighted by Gasteiger charge is -2.05. The number of hydrogen-bond acceptors (Lipinski definition) is 4. The summed E-state index contributed by atoms with van der Waals surface area (Å²) in [5.41, 5.74) is 2.14. The average molecular weight is 259 g/mol. The average Bonchev–Trinajstić information content (AvgIpc) is 2.67. The van der Waals surface area contributed by atoms with Crippen LogP contribution in [0.5, 0.6) is 0 Å². The monoisotopic (exact) mass is 259 g/mol. The molecule has 1 aliphatic heterocycles. The first-order chi connectivity index (χ1) is 9.04. The Bertz CT molecular complexity index is 557. The van der Waals surface area contributed by atoms with E-state index in [1.165, 1.54) is 0 Å². The van der Waals surface area contributed by atoms with Crippen molar-refractivity contribution in [2.75, 3.05) is 0 Å². The van der Waals surface area contributed by atoms with Crippen molar-refractivity contribution < 1.29 is 19.1 Å². The van der Waals surface area contributed by atoms with E-state index in [2.05, 4.69) is 5.32 Å². The van der Waals surface area contributed by atoms with Gasteiger partial charge in [0.1, 0.15) is 6.61 Å². The van der Waals surface area contributed by atoms with Crippen LogP contribution in [-0.4, -0.2) is 17.8 Å². The standard InChI is InChI=1S/C14H13NO4/c1-9-2-4-10(5-3-9)8-19-13(17)7-11-6-12(16)15-14(11)18/h2-6H,7-8H2,1H3,(H,15,16,18). The minimum absolute atomic E-state index is 0.138. The lowest BCUT2D eigenvalue weighted by molar-refractivity contribution is -0.144. The highest BCUT2D eigenvalue weighted by Gasteiger charge is 2.23. The van der Waals surface area contributed by atoms with E-state index in [4.69, 9.17) is 4.74 Å². The van der Waals surface area contributed by atoms with Crippen molar-refractivity contribution in [1.82, 2.24) is 5.32 Å². The summed E-state index contributed by atoms with van der Waals surface area (Å²) in [7, 11) is 0. The first-order valence-electron chi connectivity index (χ1n) is 5.81. The summed E-state index contributed by atoms with van der Waals surface area (Å²) >= 11 is 0. The second-order valence-electron chi connectivity index (χ2n) is 4.31. The molecule has 0 atom stereocenters. The second kappa shape index (κ2) is 5.48. The predicted octanol–water partition coefficient (Wildman–Crippen LogP) is 1.01. The van der Waals surface area contributed by atoms with Crippen molar-refractivity contribution in [3.05, 3.63) is 47.0 Å². The van der Waals surface area contributed by atoms with E-state index in [0.717, 1.165) is 17.2 Å². The van der Waals surface area contributed by atoms with Crippen molar-refractivity contribution in [2.24, 2.45) is 0 Å². The van der Waals surface area contributed by atoms with Gasteiger partial charge >= 0.3 is 5.97 Å². The fourth-order valence-electron chi connectivity index (χ4n) is 1.64. The molecule has 2 amide bonds. The maximum Gasteiger partial charge on any atom is 0.310 e. The van der Waals surface area contributed by atoms with Gasteiger partial charge in [0.05, 0.1) is 6.42 Å². The summed E-state index contributed by atoms with van der Waals surface area (Å²) < 4.78 is 5.04. The summed E-state index contributed by atoms with van der Waals surface area (Å²) in [6, 6.07) is 7.59. The molecule has 5 nitrogen and oxygen atoms in total. The lowest BCUT2D eigenvalue weighted by Crippen LogP contribution is -2.23. The van der Waals surface area contributed by atoms with E-state index in [9.17, 15) is 14.4 Å². The van der Waals surface area contributed by atoms with Gasteiger partial charge < -0.3 is 4.74 Å². The molecule has 0 saturated heterocycles. The smallest absolute Gasteiger partial charge is 0.310 e. The Labute approximate surface area is 110 Å². The number of rotatable bonds is 4. The normalized spacial score (nSPS) is 14.1. The molecule has 0 aliphatic carbocycles. The summed E-state index contributed by atoms with van der Waals surface area (Å²) in [6.45, 7) is 2.12. The summed E-state index contributed by atoms with van der Waals surface area (Å²) in [4.78, 5) is 33.7. The number of carbonyl (C=O) groups excluding carboxylic acids is 3. The fraction of sp³-hybridized carbons (Fsp3) is 0.214. The molecule has 19 heavy (non-hydrogen) atoms. The highest BCUT2D eigenvalue weighted by Crippen LogP contribution is 2.10. The number of ether oxygens (including phenoxy) is 1. The Hall–Kier alpha value is -2.43. The third-order valence-electron chi connectivity index (χ3n) is 2.69. The molecule has 1 aromatic rings. The van der Waals surface area contributed by atoms with Crippen LogP contribution in [0.2, 0.25) is 0 Å². The molecule has 1 N–H and O–H groups in total. The number of carbonyl (C=O) groups is 3. The molecule has 0 unspecified atom stereocenters. The quantitative estimate of drug-likeness (QED) is 0.647. The van der Waals surface area contributed by atoms with E-state index in [-0.39, 0.29) is 18.6 Å². The van der Waals surface area contributed by atoms with Crippen LogP contribution in [0.15, 0.2) is 35.9 Å². The summed E-state index contributed by atoms with van der Waals surface area (Å²) in [6.07, 6.45) is 0.929. The predicted molar refractivity (Wildman–Crippen MR) is 66.8 cm³/mol. The van der Waals surface area contributed by atoms with E-state index in [0.29, 0.717) is 0 Å². The number of hydrogen-bond donors (Lipinski definition) is 1. The van der Waals surface area contributed by atoms with Gasteiger partial charge in [0.2, 0.25) is 0 Å². The van der Waals surface area contributed by atoms with Gasteiger partial charge in [-0.2, -0.15) is 0 Å². The minimum atomic E-state index is -0.531. The molecule has 98 valence electrons. The van der Waals surface area contributed by atoms with Crippen LogP contribution < -0.4 is 5.32 Å². The molecule has 0 saturated carbocycles. The molecule has 2 rings (SSSR count). The van der Waals surface area contributed by atoms with Crippen molar-refractivity contribution in [3.63, 3.8) is 0 Å². The SMILES string of the molecule is Cc1ccc(COC(=O)CC2=CC(=O)NC2=O)cc1. The number of imide groups is 1. The number of esters is 1. The molecule has 1 aliphatic rings. The van der Waals surface area contributed by atoms with Gasteiger partial charge in [-0.3, -0.25) is 19.7 Å². The zero-order chi connectivity index (χ0) is 13.8. The molecule has 0 bridgehead atoms. The Morgan fingerprint density at radius 1 is 1.21 bits per heavy atom. The molecule has 0 spiro atoms. The van der Waals surface area contributed by atoms with Crippen LogP contribution in [0.25, 0.3) is 0 Å². The van der Waals surface area contributed by atoms with Crippen LogP contribution >= 0.6 is 0 Å². The van der Waals surface area contributed by atoms with E-state index >= 15 is 0 Å². The molecule has 5 heteroatoms. The van der Waals surface area contributed by atoms with Crippen LogP contribution in [0.1, 0.15) is 17.5 Å². The van der Waals surface area contributed by atoms with Gasteiger partial charge in [-0.05, 0) is 12.5 Å². The molecular formula is C14H13NO4. The maximum atomic E-state index is 11.5. The van der Waals surface area contributed by atoms with Gasteiger partial charge in [0.15, 0.2) is 0 Å². The zero-order valence-electron chi connectivity index (χ0n) is 10.4. The van der Waals surface area contributed by atoms with Crippen molar-refractivity contribution in [3.8, 4) is 0 Å². The number of amides is 2. The first-order valence-corrected chi connectivity index (χ1v) is 5.81. The molecule has 0 radical (unpaired) electrons. The zero-order valence-corrected chi connectivity index (χ0v) is 10.4. The first kappa shape index (κ1) is 13.0. The van der Waals surface area contributed by atoms with E-state index in [1.54, 1.807) is 0 Å². The summed E-state index contributed by atoms with van der Waals surface area (Å²) in [5.74, 6) is -1.56. The van der Waals surface area contributed by atoms with Gasteiger partial charge in [-0.15, -0.1) is 0 Å². The van der Waals surface area contributed by atoms with Gasteiger partial charge in [0.25, 0.3) is 11.8 Å². The minimum Gasteiger partial charge on any atom is -0.461 e. The molecular weight excluding hydrogens is 246 g/mol. The Morgan fingerprint density at radius 2 is 1.89 bits per heavy atom. The third-order valence-corrected chi connectivity index (χ3v) is 2.69. The van der Waals surface area contributed by atoms with Crippen molar-refractivity contribution >= 4 is 17.8 Å². The van der Waals surface area contributed by atoms with Gasteiger partial charge in [0, 0.05) is 11.6 Å². The summed E-state index contributed by atoms with van der Waals surface area (Å²) in [5, 5.41) is 2.07. The van der Waals surface area contributed by atoms with Gasteiger partial charge in [-0.25, -0.2) is 0 Å². The maximum absolute atomic E-state index is 11.5. The molecule has 1 heterocycles. The van der Waals surface area contributed by atoms with Gasteiger partial charge in [-0.1, -0.05) is 29.8 Å². The van der Waals surface area contributed by atoms with Crippen LogP contribution in [0.3, 0.4) is 0 Å². The number of aryl methyl sites for hydroxylation is 1. The second-order valence-corrected chi connectivity index (χ2v) is 4.31. The Balaban J connectivity index is 1.85. The van der Waals surface area contributed by atoms with Crippen LogP contribution in [0.4, 0.5) is 0 Å². The largest absolute Gasteiger partial charge is 0.461 e. The number of benzene rings is 1. The van der Waals surface area contributed by atoms with Crippen molar-refractivity contribution in [2.45, 2.75) is 20.0 Å². The highest BCUT2D eigenvalue weighted by atomic mass is 16.5. The van der Waals surface area contributed by atoms with E-state index in [1.807, 2.05) is 31.2 Å². The highest BCUT2D eigenvalue weighted by molar-refractivity contribution is 6.17. The van der Waals surface area contributed by atoms with Crippen LogP contribution in [0, 0.1) is 6.92 Å². The molecule has 0 fully saturated rings. The van der Waals surface area contributed by atoms with Crippen LogP contribution in [-0.2, 0) is 25.7 Å².